The lowest BCUT2D eigenvalue weighted by atomic mass is 10.2. The molecule has 3 heterocycles. The number of sulfone groups is 1. The number of benzene rings is 2. The number of anilines is 1. The van der Waals surface area contributed by atoms with Gasteiger partial charge in [-0.3, -0.25) is 0 Å². The highest BCUT2D eigenvalue weighted by molar-refractivity contribution is 7.91. The number of nitrogens with zero attached hydrogens (tertiary/aromatic N) is 1. The van der Waals surface area contributed by atoms with Crippen LogP contribution in [0.4, 0.5) is 5.88 Å². The van der Waals surface area contributed by atoms with Crippen LogP contribution < -0.4 is 19.5 Å². The minimum Gasteiger partial charge on any atom is -0.497 e. The van der Waals surface area contributed by atoms with Crippen LogP contribution in [0.1, 0.15) is 12.8 Å². The highest BCUT2D eigenvalue weighted by Crippen LogP contribution is 2.37. The van der Waals surface area contributed by atoms with Crippen LogP contribution in [0.5, 0.6) is 17.2 Å². The Balaban J connectivity index is 1.52. The van der Waals surface area contributed by atoms with Gasteiger partial charge < -0.3 is 28.7 Å². The van der Waals surface area contributed by atoms with Gasteiger partial charge in [-0.05, 0) is 49.2 Å². The summed E-state index contributed by atoms with van der Waals surface area (Å²) in [6, 6.07) is 11.6. The molecule has 0 saturated carbocycles. The molecule has 0 radical (unpaired) electrons. The Morgan fingerprint density at radius 3 is 2.58 bits per heavy atom. The maximum absolute atomic E-state index is 13.6. The molecule has 1 aromatic heterocycles. The fraction of sp³-hybridized carbons (Fsp3) is 0.348. The van der Waals surface area contributed by atoms with Crippen molar-refractivity contribution in [3.8, 4) is 28.7 Å². The summed E-state index contributed by atoms with van der Waals surface area (Å²) in [7, 11) is -2.44. The summed E-state index contributed by atoms with van der Waals surface area (Å²) in [5.74, 6) is 1.83. The van der Waals surface area contributed by atoms with Crippen molar-refractivity contribution in [2.45, 2.75) is 28.9 Å². The highest BCUT2D eigenvalue weighted by atomic mass is 32.2. The van der Waals surface area contributed by atoms with Gasteiger partial charge in [-0.25, -0.2) is 8.42 Å². The molecule has 3 aromatic rings. The largest absolute Gasteiger partial charge is 0.497 e. The molecule has 0 bridgehead atoms. The van der Waals surface area contributed by atoms with E-state index in [1.165, 1.54) is 12.1 Å². The normalized spacial score (nSPS) is 17.7. The van der Waals surface area contributed by atoms with Gasteiger partial charge in [-0.15, -0.1) is 0 Å². The predicted octanol–water partition coefficient (Wildman–Crippen LogP) is 3.55. The van der Waals surface area contributed by atoms with E-state index in [4.69, 9.17) is 23.4 Å². The van der Waals surface area contributed by atoms with E-state index in [0.29, 0.717) is 49.2 Å². The van der Waals surface area contributed by atoms with Crippen molar-refractivity contribution in [3.63, 3.8) is 0 Å². The maximum Gasteiger partial charge on any atom is 0.233 e. The topological polar surface area (TPSA) is 109 Å². The number of rotatable bonds is 7. The van der Waals surface area contributed by atoms with Crippen molar-refractivity contribution in [1.82, 2.24) is 4.98 Å². The van der Waals surface area contributed by atoms with E-state index < -0.39 is 9.84 Å². The summed E-state index contributed by atoms with van der Waals surface area (Å²) in [5, 5.41) is 2.90. The monoisotopic (exact) mass is 472 g/mol. The third-order valence-corrected chi connectivity index (χ3v) is 7.19. The van der Waals surface area contributed by atoms with Gasteiger partial charge in [0.15, 0.2) is 11.5 Å². The Bertz CT molecular complexity index is 1230. The zero-order chi connectivity index (χ0) is 22.8. The molecule has 0 aliphatic carbocycles. The molecule has 1 atom stereocenters. The zero-order valence-electron chi connectivity index (χ0n) is 18.1. The summed E-state index contributed by atoms with van der Waals surface area (Å²) in [5.41, 5.74) is 0.625. The quantitative estimate of drug-likeness (QED) is 0.552. The van der Waals surface area contributed by atoms with Gasteiger partial charge in [0.05, 0.1) is 18.1 Å². The van der Waals surface area contributed by atoms with Crippen molar-refractivity contribution < 1.29 is 31.8 Å². The zero-order valence-corrected chi connectivity index (χ0v) is 18.9. The summed E-state index contributed by atoms with van der Waals surface area (Å²) >= 11 is 0. The van der Waals surface area contributed by atoms with Crippen LogP contribution in [0.15, 0.2) is 56.8 Å². The van der Waals surface area contributed by atoms with Crippen LogP contribution in [-0.2, 0) is 14.6 Å². The molecule has 5 rings (SSSR count). The molecule has 10 heteroatoms. The standard InChI is InChI=1S/C23H24N2O7S/c1-28-16-6-4-15(5-7-16)21-25-23(22(32-21)24-14-17-3-2-10-29-17)33(26,27)18-8-9-19-20(13-18)31-12-11-30-19/h4-9,13,17,24H,2-3,10-12,14H2,1H3. The van der Waals surface area contributed by atoms with E-state index >= 15 is 0 Å². The van der Waals surface area contributed by atoms with Crippen LogP contribution in [-0.4, -0.2) is 53.0 Å². The second kappa shape index (κ2) is 8.95. The van der Waals surface area contributed by atoms with Gasteiger partial charge in [0.2, 0.25) is 26.6 Å². The third-order valence-electron chi connectivity index (χ3n) is 5.53. The van der Waals surface area contributed by atoms with Gasteiger partial charge in [0.25, 0.3) is 0 Å². The average molecular weight is 473 g/mol. The molecule has 2 aromatic carbocycles. The minimum absolute atomic E-state index is 0.00983. The number of methoxy groups -OCH3 is 1. The smallest absolute Gasteiger partial charge is 0.233 e. The Kier molecular flexibility index (Phi) is 5.86. The molecule has 1 saturated heterocycles. The molecule has 1 unspecified atom stereocenters. The Labute approximate surface area is 191 Å². The Morgan fingerprint density at radius 1 is 1.06 bits per heavy atom. The fourth-order valence-corrected chi connectivity index (χ4v) is 5.07. The first-order valence-electron chi connectivity index (χ1n) is 10.7. The number of fused-ring (bicyclic) bond motifs is 1. The van der Waals surface area contributed by atoms with Crippen LogP contribution in [0.3, 0.4) is 0 Å². The Hall–Kier alpha value is -3.24. The molecule has 33 heavy (non-hydrogen) atoms. The SMILES string of the molecule is COc1ccc(-c2nc(S(=O)(=O)c3ccc4c(c3)OCCO4)c(NCC3CCCO3)o2)cc1. The molecule has 9 nitrogen and oxygen atoms in total. The van der Waals surface area contributed by atoms with Crippen molar-refractivity contribution in [2.24, 2.45) is 0 Å². The van der Waals surface area contributed by atoms with E-state index in [1.54, 1.807) is 37.4 Å². The van der Waals surface area contributed by atoms with E-state index in [0.717, 1.165) is 12.8 Å². The lowest BCUT2D eigenvalue weighted by Crippen LogP contribution is -2.19. The number of aromatic nitrogens is 1. The lowest BCUT2D eigenvalue weighted by Gasteiger charge is -2.18. The van der Waals surface area contributed by atoms with Crippen molar-refractivity contribution in [1.29, 1.82) is 0 Å². The summed E-state index contributed by atoms with van der Waals surface area (Å²) < 4.78 is 54.9. The van der Waals surface area contributed by atoms with Gasteiger partial charge in [-0.1, -0.05) is 0 Å². The second-order valence-corrected chi connectivity index (χ2v) is 9.57. The summed E-state index contributed by atoms with van der Waals surface area (Å²) in [6.07, 6.45) is 1.86. The Morgan fingerprint density at radius 2 is 1.85 bits per heavy atom. The maximum atomic E-state index is 13.6. The molecule has 2 aliphatic rings. The first-order valence-corrected chi connectivity index (χ1v) is 12.2. The lowest BCUT2D eigenvalue weighted by molar-refractivity contribution is 0.120. The number of oxazole rings is 1. The first-order chi connectivity index (χ1) is 16.0. The summed E-state index contributed by atoms with van der Waals surface area (Å²) in [6.45, 7) is 1.89. The molecular formula is C23H24N2O7S. The molecule has 0 spiro atoms. The number of hydrogen-bond donors (Lipinski definition) is 1. The molecular weight excluding hydrogens is 448 g/mol. The average Bonchev–Trinajstić information content (AvgIpc) is 3.53. The first kappa shape index (κ1) is 21.6. The summed E-state index contributed by atoms with van der Waals surface area (Å²) in [4.78, 5) is 4.41. The van der Waals surface area contributed by atoms with Gasteiger partial charge in [0, 0.05) is 24.8 Å². The fourth-order valence-electron chi connectivity index (χ4n) is 3.77. The van der Waals surface area contributed by atoms with E-state index in [-0.39, 0.29) is 27.8 Å². The number of nitrogens with one attached hydrogen (secondary N) is 1. The molecule has 174 valence electrons. The van der Waals surface area contributed by atoms with Crippen molar-refractivity contribution >= 4 is 15.7 Å². The molecule has 1 fully saturated rings. The van der Waals surface area contributed by atoms with Crippen LogP contribution in [0.2, 0.25) is 0 Å². The van der Waals surface area contributed by atoms with Gasteiger partial charge in [0.1, 0.15) is 19.0 Å². The van der Waals surface area contributed by atoms with Gasteiger partial charge >= 0.3 is 0 Å². The van der Waals surface area contributed by atoms with Crippen LogP contribution >= 0.6 is 0 Å². The van der Waals surface area contributed by atoms with E-state index in [2.05, 4.69) is 10.3 Å². The van der Waals surface area contributed by atoms with Crippen molar-refractivity contribution in [2.75, 3.05) is 38.8 Å². The van der Waals surface area contributed by atoms with E-state index in [9.17, 15) is 8.42 Å². The second-order valence-electron chi connectivity index (χ2n) is 7.71. The van der Waals surface area contributed by atoms with Crippen LogP contribution in [0, 0.1) is 0 Å². The molecule has 2 aliphatic heterocycles. The molecule has 1 N–H and O–H groups in total. The van der Waals surface area contributed by atoms with Gasteiger partial charge in [-0.2, -0.15) is 4.98 Å². The minimum atomic E-state index is -4.02. The van der Waals surface area contributed by atoms with Crippen LogP contribution in [0.25, 0.3) is 11.5 Å². The third kappa shape index (κ3) is 4.36. The number of ether oxygens (including phenoxy) is 4. The van der Waals surface area contributed by atoms with E-state index in [1.807, 2.05) is 0 Å². The van der Waals surface area contributed by atoms with Crippen molar-refractivity contribution in [3.05, 3.63) is 42.5 Å². The molecule has 0 amide bonds. The predicted molar refractivity (Wildman–Crippen MR) is 119 cm³/mol. The highest BCUT2D eigenvalue weighted by Gasteiger charge is 2.30. The number of hydrogen-bond acceptors (Lipinski definition) is 9.